The van der Waals surface area contributed by atoms with E-state index in [1.54, 1.807) is 10.9 Å². The number of likely N-dealkylation sites (tertiary alicyclic amines) is 1. The van der Waals surface area contributed by atoms with Gasteiger partial charge in [0.05, 0.1) is 44.7 Å². The maximum absolute atomic E-state index is 13.2. The Morgan fingerprint density at radius 3 is 2.34 bits per heavy atom. The van der Waals surface area contributed by atoms with E-state index < -0.39 is 24.3 Å². The summed E-state index contributed by atoms with van der Waals surface area (Å²) in [5.74, 6) is -0.864. The van der Waals surface area contributed by atoms with E-state index in [4.69, 9.17) is 37.4 Å². The molecule has 3 heterocycles. The number of carbonyl (C=O) groups excluding carboxylic acids is 3. The third-order valence-corrected chi connectivity index (χ3v) is 10.0. The third-order valence-electron chi connectivity index (χ3n) is 9.26. The molecule has 1 unspecified atom stereocenters. The first-order valence-corrected chi connectivity index (χ1v) is 17.9. The van der Waals surface area contributed by atoms with Crippen molar-refractivity contribution in [3.05, 3.63) is 148 Å². The first-order valence-electron chi connectivity index (χ1n) is 17.1. The van der Waals surface area contributed by atoms with Gasteiger partial charge in [0.2, 0.25) is 5.91 Å². The molecule has 2 N–H and O–H groups in total. The van der Waals surface area contributed by atoms with Gasteiger partial charge in [-0.2, -0.15) is 0 Å². The summed E-state index contributed by atoms with van der Waals surface area (Å²) in [6.07, 6.45) is -0.111. The largest absolute Gasteiger partial charge is 0.445 e. The average molecular weight is 756 g/mol. The number of nitrogens with one attached hydrogen (secondary N) is 1. The Balaban J connectivity index is 1.05. The zero-order chi connectivity index (χ0) is 36.9. The molecule has 0 radical (unpaired) electrons. The monoisotopic (exact) mass is 754 g/mol. The number of imide groups is 1. The van der Waals surface area contributed by atoms with Gasteiger partial charge in [0, 0.05) is 12.0 Å². The second-order valence-electron chi connectivity index (χ2n) is 12.9. The standard InChI is InChI=1S/C40H36Cl2N4O7/c41-36-37(42)45(24-43-36)21-32-18-34(28-14-12-25(22-47)13-15-28)53-39(52-32)31-11-5-10-30(17-31)29-9-4-8-27(16-29)20-46-35(48)19-33(38(46)49)44-40(50)51-23-26-6-2-1-3-7-26/h1-17,24,32-34,39,47H,18-23H2,(H,44,50)/t32-,33?,34+,39+/m0/s1. The third kappa shape index (κ3) is 8.62. The number of carbonyl (C=O) groups is 3. The Hall–Kier alpha value is -5.04. The number of aliphatic hydroxyl groups is 1. The molecule has 11 nitrogen and oxygen atoms in total. The summed E-state index contributed by atoms with van der Waals surface area (Å²) in [6, 6.07) is 31.2. The van der Waals surface area contributed by atoms with Crippen LogP contribution >= 0.6 is 23.2 Å². The molecular weight excluding hydrogens is 719 g/mol. The van der Waals surface area contributed by atoms with Crippen LogP contribution in [0.3, 0.4) is 0 Å². The van der Waals surface area contributed by atoms with Crippen LogP contribution in [-0.4, -0.2) is 49.6 Å². The van der Waals surface area contributed by atoms with Crippen LogP contribution < -0.4 is 5.32 Å². The predicted octanol–water partition coefficient (Wildman–Crippen LogP) is 7.15. The fraction of sp³-hybridized carbons (Fsp3) is 0.250. The van der Waals surface area contributed by atoms with Crippen molar-refractivity contribution in [2.75, 3.05) is 0 Å². The summed E-state index contributed by atoms with van der Waals surface area (Å²) in [4.78, 5) is 43.8. The van der Waals surface area contributed by atoms with Gasteiger partial charge >= 0.3 is 6.09 Å². The van der Waals surface area contributed by atoms with Crippen molar-refractivity contribution in [2.24, 2.45) is 0 Å². The lowest BCUT2D eigenvalue weighted by Crippen LogP contribution is -2.41. The minimum atomic E-state index is -0.997. The summed E-state index contributed by atoms with van der Waals surface area (Å²) in [5.41, 5.74) is 5.85. The zero-order valence-electron chi connectivity index (χ0n) is 28.4. The number of amides is 3. The average Bonchev–Trinajstić information content (AvgIpc) is 3.64. The van der Waals surface area contributed by atoms with Crippen LogP contribution in [-0.2, 0) is 50.1 Å². The molecule has 1 aromatic heterocycles. The lowest BCUT2D eigenvalue weighted by atomic mass is 9.98. The van der Waals surface area contributed by atoms with E-state index in [-0.39, 0.29) is 49.4 Å². The number of rotatable bonds is 11. The topological polar surface area (TPSA) is 132 Å². The van der Waals surface area contributed by atoms with Crippen molar-refractivity contribution in [3.8, 4) is 11.1 Å². The number of imidazole rings is 1. The SMILES string of the molecule is O=C(NC1CC(=O)N(Cc2cccc(-c3cccc([C@@H]4O[C@H](Cn5cnc(Cl)c5Cl)C[C@H](c5ccc(CO)cc5)O4)c3)c2)C1=O)OCc1ccccc1. The highest BCUT2D eigenvalue weighted by Gasteiger charge is 2.40. The number of halogens is 2. The van der Waals surface area contributed by atoms with Gasteiger partial charge in [0.25, 0.3) is 5.91 Å². The molecule has 53 heavy (non-hydrogen) atoms. The number of hydrogen-bond acceptors (Lipinski definition) is 8. The Bertz CT molecular complexity index is 2090. The summed E-state index contributed by atoms with van der Waals surface area (Å²) in [5, 5.41) is 12.6. The van der Waals surface area contributed by atoms with Gasteiger partial charge in [-0.05, 0) is 45.5 Å². The number of ether oxygens (including phenoxy) is 3. The number of hydrogen-bond donors (Lipinski definition) is 2. The molecule has 3 amide bonds. The molecular formula is C40H36Cl2N4O7. The molecule has 4 aromatic carbocycles. The molecule has 13 heteroatoms. The Morgan fingerprint density at radius 1 is 0.868 bits per heavy atom. The van der Waals surface area contributed by atoms with Gasteiger partial charge in [0.1, 0.15) is 17.8 Å². The van der Waals surface area contributed by atoms with E-state index in [9.17, 15) is 19.5 Å². The Kier molecular flexibility index (Phi) is 11.2. The van der Waals surface area contributed by atoms with Crippen molar-refractivity contribution in [1.29, 1.82) is 0 Å². The van der Waals surface area contributed by atoms with Crippen molar-refractivity contribution in [3.63, 3.8) is 0 Å². The minimum absolute atomic E-state index is 0.0499. The molecule has 4 atom stereocenters. The highest BCUT2D eigenvalue weighted by atomic mass is 35.5. The summed E-state index contributed by atoms with van der Waals surface area (Å²) in [6.45, 7) is 0.456. The van der Waals surface area contributed by atoms with Crippen molar-refractivity contribution in [1.82, 2.24) is 19.8 Å². The molecule has 0 spiro atoms. The predicted molar refractivity (Wildman–Crippen MR) is 196 cm³/mol. The maximum atomic E-state index is 13.2. The van der Waals surface area contributed by atoms with Gasteiger partial charge in [-0.25, -0.2) is 9.78 Å². The second-order valence-corrected chi connectivity index (χ2v) is 13.7. The lowest BCUT2D eigenvalue weighted by molar-refractivity contribution is -0.252. The van der Waals surface area contributed by atoms with Crippen LogP contribution in [0.25, 0.3) is 11.1 Å². The van der Waals surface area contributed by atoms with Gasteiger partial charge in [-0.1, -0.05) is 114 Å². The van der Waals surface area contributed by atoms with E-state index in [1.165, 1.54) is 0 Å². The van der Waals surface area contributed by atoms with E-state index >= 15 is 0 Å². The van der Waals surface area contributed by atoms with E-state index in [0.29, 0.717) is 18.1 Å². The smallest absolute Gasteiger partial charge is 0.408 e. The number of nitrogens with zero attached hydrogens (tertiary/aromatic N) is 3. The number of aromatic nitrogens is 2. The highest BCUT2D eigenvalue weighted by Crippen LogP contribution is 2.40. The molecule has 0 aliphatic carbocycles. The second kappa shape index (κ2) is 16.3. The van der Waals surface area contributed by atoms with Crippen LogP contribution in [0.2, 0.25) is 10.3 Å². The molecule has 0 saturated carbocycles. The van der Waals surface area contributed by atoms with Crippen LogP contribution in [0, 0.1) is 0 Å². The van der Waals surface area contributed by atoms with Crippen LogP contribution in [0.5, 0.6) is 0 Å². The van der Waals surface area contributed by atoms with Crippen molar-refractivity contribution < 1.29 is 33.7 Å². The maximum Gasteiger partial charge on any atom is 0.408 e. The number of aliphatic hydroxyl groups excluding tert-OH is 1. The molecule has 2 saturated heterocycles. The van der Waals surface area contributed by atoms with E-state index in [0.717, 1.165) is 43.8 Å². The Morgan fingerprint density at radius 2 is 1.60 bits per heavy atom. The first kappa shape index (κ1) is 36.3. The van der Waals surface area contributed by atoms with E-state index in [2.05, 4.69) is 10.3 Å². The zero-order valence-corrected chi connectivity index (χ0v) is 30.0. The summed E-state index contributed by atoms with van der Waals surface area (Å²) >= 11 is 12.5. The summed E-state index contributed by atoms with van der Waals surface area (Å²) < 4.78 is 20.0. The normalized spacial score (nSPS) is 20.1. The first-order chi connectivity index (χ1) is 25.7. The fourth-order valence-corrected chi connectivity index (χ4v) is 6.80. The van der Waals surface area contributed by atoms with Gasteiger partial charge in [-0.15, -0.1) is 0 Å². The van der Waals surface area contributed by atoms with Crippen LogP contribution in [0.4, 0.5) is 4.79 Å². The molecule has 2 aliphatic heterocycles. The minimum Gasteiger partial charge on any atom is -0.445 e. The number of benzene rings is 4. The Labute approximate surface area is 316 Å². The van der Waals surface area contributed by atoms with E-state index in [1.807, 2.05) is 103 Å². The van der Waals surface area contributed by atoms with Gasteiger partial charge in [0.15, 0.2) is 11.4 Å². The fourth-order valence-electron chi connectivity index (χ4n) is 6.49. The molecule has 2 fully saturated rings. The molecule has 272 valence electrons. The van der Waals surface area contributed by atoms with Gasteiger partial charge in [-0.3, -0.25) is 14.5 Å². The lowest BCUT2D eigenvalue weighted by Gasteiger charge is -2.36. The van der Waals surface area contributed by atoms with Crippen molar-refractivity contribution >= 4 is 41.1 Å². The van der Waals surface area contributed by atoms with Crippen LogP contribution in [0.15, 0.2) is 109 Å². The molecule has 7 rings (SSSR count). The number of alkyl carbamates (subject to hydrolysis) is 1. The molecule has 2 aliphatic rings. The van der Waals surface area contributed by atoms with Gasteiger partial charge < -0.3 is 29.2 Å². The molecule has 5 aromatic rings. The highest BCUT2D eigenvalue weighted by molar-refractivity contribution is 6.40. The van der Waals surface area contributed by atoms with Crippen LogP contribution in [0.1, 0.15) is 53.1 Å². The van der Waals surface area contributed by atoms with Crippen molar-refractivity contribution in [2.45, 2.75) is 63.7 Å². The quantitative estimate of drug-likeness (QED) is 0.136. The molecule has 0 bridgehead atoms. The summed E-state index contributed by atoms with van der Waals surface area (Å²) in [7, 11) is 0.